The van der Waals surface area contributed by atoms with E-state index in [1.807, 2.05) is 0 Å². The van der Waals surface area contributed by atoms with Crippen LogP contribution in [0.2, 0.25) is 0 Å². The number of nitrogens with one attached hydrogen (secondary N) is 2. The summed E-state index contributed by atoms with van der Waals surface area (Å²) in [7, 11) is 0. The number of rotatable bonds is 3. The van der Waals surface area contributed by atoms with Gasteiger partial charge < -0.3 is 10.6 Å². The first-order chi connectivity index (χ1) is 13.5. The van der Waals surface area contributed by atoms with Gasteiger partial charge in [-0.3, -0.25) is 4.79 Å². The molecule has 5 aliphatic carbocycles. The molecule has 0 aromatic carbocycles. The summed E-state index contributed by atoms with van der Waals surface area (Å²) in [5, 5.41) is 16.8. The molecule has 5 aliphatic rings. The van der Waals surface area contributed by atoms with E-state index in [-0.39, 0.29) is 11.3 Å². The van der Waals surface area contributed by atoms with Crippen molar-refractivity contribution in [3.63, 3.8) is 0 Å². The zero-order valence-corrected chi connectivity index (χ0v) is 17.8. The van der Waals surface area contributed by atoms with E-state index in [1.54, 1.807) is 11.3 Å². The van der Waals surface area contributed by atoms with Crippen LogP contribution in [0, 0.1) is 34.5 Å². The first-order valence-corrected chi connectivity index (χ1v) is 11.9. The van der Waals surface area contributed by atoms with Crippen LogP contribution >= 0.6 is 23.6 Å². The molecule has 0 saturated heterocycles. The Hall–Kier alpha value is -1.45. The van der Waals surface area contributed by atoms with Crippen LogP contribution in [0.25, 0.3) is 0 Å². The van der Waals surface area contributed by atoms with Crippen molar-refractivity contribution in [3.8, 4) is 6.07 Å². The average molecular weight is 414 g/mol. The van der Waals surface area contributed by atoms with Crippen LogP contribution < -0.4 is 10.6 Å². The van der Waals surface area contributed by atoms with E-state index in [1.165, 1.54) is 55.4 Å². The summed E-state index contributed by atoms with van der Waals surface area (Å²) in [4.78, 5) is 14.1. The smallest absolute Gasteiger partial charge is 0.226 e. The number of thiocarbonyl (C=S) groups is 1. The third-order valence-electron chi connectivity index (χ3n) is 7.46. The summed E-state index contributed by atoms with van der Waals surface area (Å²) in [6.07, 6.45) is 12.8. The topological polar surface area (TPSA) is 64.9 Å². The molecule has 4 saturated carbocycles. The van der Waals surface area contributed by atoms with Crippen molar-refractivity contribution in [2.24, 2.45) is 23.2 Å². The fourth-order valence-corrected chi connectivity index (χ4v) is 8.45. The van der Waals surface area contributed by atoms with Crippen molar-refractivity contribution in [2.45, 2.75) is 70.6 Å². The molecule has 1 heterocycles. The molecule has 0 aliphatic heterocycles. The van der Waals surface area contributed by atoms with E-state index < -0.39 is 0 Å². The van der Waals surface area contributed by atoms with E-state index in [0.717, 1.165) is 47.6 Å². The maximum Gasteiger partial charge on any atom is 0.226 e. The Morgan fingerprint density at radius 3 is 2.43 bits per heavy atom. The largest absolute Gasteiger partial charge is 0.323 e. The molecule has 2 N–H and O–H groups in total. The van der Waals surface area contributed by atoms with E-state index in [4.69, 9.17) is 12.2 Å². The van der Waals surface area contributed by atoms with Crippen molar-refractivity contribution in [2.75, 3.05) is 5.32 Å². The molecule has 4 nitrogen and oxygen atoms in total. The van der Waals surface area contributed by atoms with Crippen LogP contribution in [0.15, 0.2) is 0 Å². The monoisotopic (exact) mass is 413 g/mol. The van der Waals surface area contributed by atoms with Crippen LogP contribution in [0.4, 0.5) is 5.00 Å². The number of carbonyl (C=O) groups is 1. The Bertz CT molecular complexity index is 831. The third-order valence-corrected chi connectivity index (χ3v) is 8.88. The van der Waals surface area contributed by atoms with Gasteiger partial charge in [-0.05, 0) is 105 Å². The molecule has 6 heteroatoms. The molecule has 0 spiro atoms. The Kier molecular flexibility index (Phi) is 4.71. The minimum atomic E-state index is 0.0410. The van der Waals surface area contributed by atoms with Gasteiger partial charge in [0.05, 0.1) is 5.56 Å². The number of carbonyl (C=O) groups excluding carboxylic acids is 1. The van der Waals surface area contributed by atoms with Gasteiger partial charge in [0, 0.05) is 11.3 Å². The number of hydrogen-bond acceptors (Lipinski definition) is 4. The van der Waals surface area contributed by atoms with E-state index in [9.17, 15) is 10.1 Å². The second-order valence-corrected chi connectivity index (χ2v) is 11.1. The molecular formula is C22H27N3OS2. The van der Waals surface area contributed by atoms with Gasteiger partial charge in [0.25, 0.3) is 0 Å². The Morgan fingerprint density at radius 1 is 1.14 bits per heavy atom. The van der Waals surface area contributed by atoms with E-state index in [0.29, 0.717) is 11.5 Å². The Morgan fingerprint density at radius 2 is 1.79 bits per heavy atom. The number of fused-ring (bicyclic) bond motifs is 1. The number of hydrogen-bond donors (Lipinski definition) is 2. The highest BCUT2D eigenvalue weighted by molar-refractivity contribution is 7.80. The number of nitrogens with zero attached hydrogens (tertiary/aromatic N) is 1. The summed E-state index contributed by atoms with van der Waals surface area (Å²) in [5.41, 5.74) is 2.12. The molecule has 28 heavy (non-hydrogen) atoms. The van der Waals surface area contributed by atoms with Gasteiger partial charge in [-0.15, -0.1) is 11.3 Å². The molecule has 0 radical (unpaired) electrons. The summed E-state index contributed by atoms with van der Waals surface area (Å²) in [6.45, 7) is 0. The van der Waals surface area contributed by atoms with Crippen LogP contribution in [-0.4, -0.2) is 11.0 Å². The zero-order chi connectivity index (χ0) is 19.3. The Balaban J connectivity index is 1.23. The maximum atomic E-state index is 12.8. The van der Waals surface area contributed by atoms with E-state index >= 15 is 0 Å². The van der Waals surface area contributed by atoms with Crippen LogP contribution in [0.3, 0.4) is 0 Å². The van der Waals surface area contributed by atoms with Gasteiger partial charge >= 0.3 is 0 Å². The fraction of sp³-hybridized carbons (Fsp3) is 0.682. The number of nitriles is 1. The van der Waals surface area contributed by atoms with Crippen LogP contribution in [-0.2, 0) is 17.6 Å². The lowest BCUT2D eigenvalue weighted by atomic mass is 9.49. The zero-order valence-electron chi connectivity index (χ0n) is 16.2. The number of thiophene rings is 1. The maximum absolute atomic E-state index is 12.8. The summed E-state index contributed by atoms with van der Waals surface area (Å²) in [5.74, 6) is 2.58. The predicted molar refractivity (Wildman–Crippen MR) is 115 cm³/mol. The second kappa shape index (κ2) is 7.11. The molecule has 4 fully saturated rings. The predicted octanol–water partition coefficient (Wildman–Crippen LogP) is 4.92. The minimum absolute atomic E-state index is 0.0410. The molecule has 0 unspecified atom stereocenters. The molecule has 6 rings (SSSR count). The van der Waals surface area contributed by atoms with Gasteiger partial charge in [-0.2, -0.15) is 5.26 Å². The first kappa shape index (κ1) is 18.6. The minimum Gasteiger partial charge on any atom is -0.323 e. The summed E-state index contributed by atoms with van der Waals surface area (Å²) < 4.78 is 0. The molecule has 1 amide bonds. The van der Waals surface area contributed by atoms with Crippen LogP contribution in [0.1, 0.15) is 73.8 Å². The highest BCUT2D eigenvalue weighted by Gasteiger charge is 2.51. The lowest BCUT2D eigenvalue weighted by Gasteiger charge is -2.56. The van der Waals surface area contributed by atoms with Gasteiger partial charge in [0.15, 0.2) is 5.11 Å². The van der Waals surface area contributed by atoms with Gasteiger partial charge in [0.2, 0.25) is 5.91 Å². The van der Waals surface area contributed by atoms with Gasteiger partial charge in [-0.25, -0.2) is 0 Å². The number of amides is 1. The van der Waals surface area contributed by atoms with Gasteiger partial charge in [0.1, 0.15) is 11.1 Å². The highest BCUT2D eigenvalue weighted by atomic mass is 32.1. The molecule has 0 atom stereocenters. The normalized spacial score (nSPS) is 32.5. The van der Waals surface area contributed by atoms with Crippen molar-refractivity contribution >= 4 is 39.6 Å². The van der Waals surface area contributed by atoms with Crippen molar-refractivity contribution < 1.29 is 4.79 Å². The average Bonchev–Trinajstić information content (AvgIpc) is 2.96. The third kappa shape index (κ3) is 3.37. The molecule has 4 bridgehead atoms. The van der Waals surface area contributed by atoms with E-state index in [2.05, 4.69) is 16.7 Å². The fourth-order valence-electron chi connectivity index (χ4n) is 6.92. The van der Waals surface area contributed by atoms with Crippen molar-refractivity contribution in [1.29, 1.82) is 5.26 Å². The van der Waals surface area contributed by atoms with Crippen LogP contribution in [0.5, 0.6) is 0 Å². The lowest BCUT2D eigenvalue weighted by molar-refractivity contribution is -0.127. The highest BCUT2D eigenvalue weighted by Crippen LogP contribution is 2.61. The number of aryl methyl sites for hydroxylation is 1. The van der Waals surface area contributed by atoms with Crippen molar-refractivity contribution in [3.05, 3.63) is 16.0 Å². The molecule has 1 aromatic heterocycles. The Labute approximate surface area is 176 Å². The van der Waals surface area contributed by atoms with Gasteiger partial charge in [-0.1, -0.05) is 0 Å². The SMILES string of the molecule is N#Cc1c(NC(=S)NC(=O)CC23CC4CC(CC(C4)C2)C3)sc2c1CCCC2. The molecule has 1 aromatic rings. The lowest BCUT2D eigenvalue weighted by Crippen LogP contribution is -2.48. The second-order valence-electron chi connectivity index (χ2n) is 9.62. The molecular weight excluding hydrogens is 386 g/mol. The molecule has 148 valence electrons. The van der Waals surface area contributed by atoms with Crippen molar-refractivity contribution in [1.82, 2.24) is 5.32 Å². The summed E-state index contributed by atoms with van der Waals surface area (Å²) >= 11 is 7.05. The number of anilines is 1. The standard InChI is InChI=1S/C22H27N3OS2/c23-12-17-16-3-1-2-4-18(16)28-20(17)25-21(27)24-19(26)11-22-8-13-5-14(9-22)7-15(6-13)10-22/h13-15H,1-11H2,(H2,24,25,26,27). The summed E-state index contributed by atoms with van der Waals surface area (Å²) in [6, 6.07) is 2.34. The first-order valence-electron chi connectivity index (χ1n) is 10.7. The quantitative estimate of drug-likeness (QED) is 0.691.